The number of carboxylic acid groups (broad SMARTS) is 1. The van der Waals surface area contributed by atoms with Crippen molar-refractivity contribution in [2.24, 2.45) is 5.92 Å². The average Bonchev–Trinajstić information content (AvgIpc) is 3.18. The van der Waals surface area contributed by atoms with Gasteiger partial charge in [-0.15, -0.1) is 0 Å². The van der Waals surface area contributed by atoms with Gasteiger partial charge in [-0.3, -0.25) is 9.78 Å². The van der Waals surface area contributed by atoms with Gasteiger partial charge in [0.2, 0.25) is 0 Å². The molecule has 108 valence electrons. The molecule has 1 amide bonds. The molecule has 0 spiro atoms. The van der Waals surface area contributed by atoms with Crippen molar-refractivity contribution in [2.45, 2.75) is 25.1 Å². The first-order valence-corrected chi connectivity index (χ1v) is 5.86. The highest BCUT2D eigenvalue weighted by Gasteiger charge is 2.37. The van der Waals surface area contributed by atoms with Gasteiger partial charge in [0.05, 0.1) is 5.56 Å². The molecule has 1 saturated carbocycles. The molecule has 1 aliphatic carbocycles. The molecule has 0 radical (unpaired) electrons. The quantitative estimate of drug-likeness (QED) is 0.883. The van der Waals surface area contributed by atoms with E-state index in [2.05, 4.69) is 10.3 Å². The van der Waals surface area contributed by atoms with E-state index in [0.29, 0.717) is 19.0 Å². The lowest BCUT2D eigenvalue weighted by atomic mass is 10.1. The Hall–Kier alpha value is -2.12. The van der Waals surface area contributed by atoms with Crippen LogP contribution in [0.3, 0.4) is 0 Å². The zero-order valence-electron chi connectivity index (χ0n) is 10.1. The number of alkyl halides is 3. The molecule has 8 heteroatoms. The fourth-order valence-electron chi connectivity index (χ4n) is 1.72. The molecule has 0 aliphatic heterocycles. The standard InChI is InChI=1S/C12H11F3N2O3/c13-12(14,15)7-3-4-8(16-5-7)10(18)17-9(11(19)20)6-1-2-6/h3-6,9H,1-2H2,(H,17,18)(H,19,20). The maximum absolute atomic E-state index is 12.3. The first kappa shape index (κ1) is 14.3. The van der Waals surface area contributed by atoms with E-state index in [9.17, 15) is 22.8 Å². The Morgan fingerprint density at radius 2 is 2.00 bits per heavy atom. The number of aromatic nitrogens is 1. The van der Waals surface area contributed by atoms with Crippen LogP contribution in [0.2, 0.25) is 0 Å². The van der Waals surface area contributed by atoms with Crippen LogP contribution in [0.5, 0.6) is 0 Å². The number of carbonyl (C=O) groups is 2. The van der Waals surface area contributed by atoms with Gasteiger partial charge in [-0.05, 0) is 30.9 Å². The summed E-state index contributed by atoms with van der Waals surface area (Å²) < 4.78 is 37.0. The minimum atomic E-state index is -4.53. The Kier molecular flexibility index (Phi) is 3.65. The first-order chi connectivity index (χ1) is 9.29. The molecule has 0 saturated heterocycles. The van der Waals surface area contributed by atoms with Crippen molar-refractivity contribution in [2.75, 3.05) is 0 Å². The molecule has 20 heavy (non-hydrogen) atoms. The first-order valence-electron chi connectivity index (χ1n) is 5.86. The van der Waals surface area contributed by atoms with Crippen molar-refractivity contribution in [3.63, 3.8) is 0 Å². The number of nitrogens with zero attached hydrogens (tertiary/aromatic N) is 1. The van der Waals surface area contributed by atoms with Crippen molar-refractivity contribution in [3.8, 4) is 0 Å². The highest BCUT2D eigenvalue weighted by molar-refractivity contribution is 5.95. The fraction of sp³-hybridized carbons (Fsp3) is 0.417. The highest BCUT2D eigenvalue weighted by Crippen LogP contribution is 2.33. The average molecular weight is 288 g/mol. The second-order valence-corrected chi connectivity index (χ2v) is 4.56. The van der Waals surface area contributed by atoms with Crippen LogP contribution < -0.4 is 5.32 Å². The minimum absolute atomic E-state index is 0.120. The van der Waals surface area contributed by atoms with Crippen molar-refractivity contribution in [1.82, 2.24) is 10.3 Å². The molecule has 1 unspecified atom stereocenters. The Balaban J connectivity index is 2.07. The summed E-state index contributed by atoms with van der Waals surface area (Å²) in [6, 6.07) is 0.630. The van der Waals surface area contributed by atoms with Crippen LogP contribution in [-0.2, 0) is 11.0 Å². The lowest BCUT2D eigenvalue weighted by Gasteiger charge is -2.13. The Morgan fingerprint density at radius 3 is 2.40 bits per heavy atom. The summed E-state index contributed by atoms with van der Waals surface area (Å²) in [5, 5.41) is 11.2. The summed E-state index contributed by atoms with van der Waals surface area (Å²) in [5.41, 5.74) is -1.21. The van der Waals surface area contributed by atoms with Gasteiger partial charge in [0.15, 0.2) is 0 Å². The van der Waals surface area contributed by atoms with Gasteiger partial charge in [-0.25, -0.2) is 4.79 Å². The number of amides is 1. The third-order valence-electron chi connectivity index (χ3n) is 2.97. The summed E-state index contributed by atoms with van der Waals surface area (Å²) in [4.78, 5) is 26.1. The zero-order valence-corrected chi connectivity index (χ0v) is 10.1. The molecule has 1 atom stereocenters. The fourth-order valence-corrected chi connectivity index (χ4v) is 1.72. The number of aliphatic carboxylic acids is 1. The van der Waals surface area contributed by atoms with Crippen LogP contribution in [0, 0.1) is 5.92 Å². The number of rotatable bonds is 4. The van der Waals surface area contributed by atoms with E-state index in [-0.39, 0.29) is 11.6 Å². The molecule has 2 rings (SSSR count). The molecule has 5 nitrogen and oxygen atoms in total. The van der Waals surface area contributed by atoms with Gasteiger partial charge in [0, 0.05) is 6.20 Å². The van der Waals surface area contributed by atoms with Crippen molar-refractivity contribution in [3.05, 3.63) is 29.6 Å². The van der Waals surface area contributed by atoms with Crippen LogP contribution in [0.4, 0.5) is 13.2 Å². The van der Waals surface area contributed by atoms with E-state index in [1.54, 1.807) is 0 Å². The second kappa shape index (κ2) is 5.10. The van der Waals surface area contributed by atoms with E-state index in [1.165, 1.54) is 0 Å². The normalized spacial score (nSPS) is 16.6. The number of carboxylic acids is 1. The van der Waals surface area contributed by atoms with Crippen LogP contribution in [0.15, 0.2) is 18.3 Å². The number of halogens is 3. The van der Waals surface area contributed by atoms with Gasteiger partial charge in [-0.1, -0.05) is 0 Å². The lowest BCUT2D eigenvalue weighted by molar-refractivity contribution is -0.140. The van der Waals surface area contributed by atoms with Crippen LogP contribution >= 0.6 is 0 Å². The van der Waals surface area contributed by atoms with Crippen molar-refractivity contribution >= 4 is 11.9 Å². The number of hydrogen-bond donors (Lipinski definition) is 2. The summed E-state index contributed by atoms with van der Waals surface area (Å²) in [6.07, 6.45) is -2.57. The number of hydrogen-bond acceptors (Lipinski definition) is 3. The highest BCUT2D eigenvalue weighted by atomic mass is 19.4. The van der Waals surface area contributed by atoms with E-state index < -0.39 is 29.7 Å². The smallest absolute Gasteiger partial charge is 0.417 e. The molecule has 1 aromatic rings. The molecular weight excluding hydrogens is 277 g/mol. The van der Waals surface area contributed by atoms with E-state index in [0.717, 1.165) is 12.1 Å². The molecular formula is C12H11F3N2O3. The lowest BCUT2D eigenvalue weighted by Crippen LogP contribution is -2.42. The number of nitrogens with one attached hydrogen (secondary N) is 1. The largest absolute Gasteiger partial charge is 0.480 e. The summed E-state index contributed by atoms with van der Waals surface area (Å²) in [6.45, 7) is 0. The Labute approximate surface area is 111 Å². The molecule has 0 bridgehead atoms. The predicted octanol–water partition coefficient (Wildman–Crippen LogP) is 1.69. The number of pyridine rings is 1. The van der Waals surface area contributed by atoms with Crippen LogP contribution in [-0.4, -0.2) is 28.0 Å². The molecule has 1 aliphatic rings. The SMILES string of the molecule is O=C(NC(C(=O)O)C1CC1)c1ccc(C(F)(F)F)cn1. The van der Waals surface area contributed by atoms with Gasteiger partial charge in [-0.2, -0.15) is 13.2 Å². The Bertz CT molecular complexity index is 524. The van der Waals surface area contributed by atoms with Gasteiger partial charge in [0.1, 0.15) is 11.7 Å². The minimum Gasteiger partial charge on any atom is -0.480 e. The van der Waals surface area contributed by atoms with Crippen LogP contribution in [0.25, 0.3) is 0 Å². The van der Waals surface area contributed by atoms with Crippen molar-refractivity contribution < 1.29 is 27.9 Å². The van der Waals surface area contributed by atoms with Crippen molar-refractivity contribution in [1.29, 1.82) is 0 Å². The summed E-state index contributed by atoms with van der Waals surface area (Å²) >= 11 is 0. The second-order valence-electron chi connectivity index (χ2n) is 4.56. The molecule has 1 fully saturated rings. The van der Waals surface area contributed by atoms with Gasteiger partial charge < -0.3 is 10.4 Å². The molecule has 1 aromatic heterocycles. The van der Waals surface area contributed by atoms with Crippen LogP contribution in [0.1, 0.15) is 28.9 Å². The van der Waals surface area contributed by atoms with Gasteiger partial charge >= 0.3 is 12.1 Å². The summed E-state index contributed by atoms with van der Waals surface area (Å²) in [5.74, 6) is -2.07. The molecule has 1 heterocycles. The maximum Gasteiger partial charge on any atom is 0.417 e. The third kappa shape index (κ3) is 3.25. The van der Waals surface area contributed by atoms with E-state index in [1.807, 2.05) is 0 Å². The third-order valence-corrected chi connectivity index (χ3v) is 2.97. The molecule has 2 N–H and O–H groups in total. The number of carbonyl (C=O) groups excluding carboxylic acids is 1. The predicted molar refractivity (Wildman–Crippen MR) is 60.9 cm³/mol. The van der Waals surface area contributed by atoms with E-state index in [4.69, 9.17) is 5.11 Å². The Morgan fingerprint density at radius 1 is 1.35 bits per heavy atom. The topological polar surface area (TPSA) is 79.3 Å². The van der Waals surface area contributed by atoms with Gasteiger partial charge in [0.25, 0.3) is 5.91 Å². The zero-order chi connectivity index (χ0) is 14.9. The van der Waals surface area contributed by atoms with E-state index >= 15 is 0 Å². The maximum atomic E-state index is 12.3. The monoisotopic (exact) mass is 288 g/mol. The summed E-state index contributed by atoms with van der Waals surface area (Å²) in [7, 11) is 0. The molecule has 0 aromatic carbocycles.